The minimum absolute atomic E-state index is 0.0326. The highest BCUT2D eigenvalue weighted by molar-refractivity contribution is 7.09. The van der Waals surface area contributed by atoms with E-state index in [0.29, 0.717) is 13.2 Å². The summed E-state index contributed by atoms with van der Waals surface area (Å²) in [6.45, 7) is 2.99. The van der Waals surface area contributed by atoms with E-state index in [-0.39, 0.29) is 12.3 Å². The van der Waals surface area contributed by atoms with E-state index in [0.717, 1.165) is 22.0 Å². The molecule has 0 unspecified atom stereocenters. The molecule has 0 saturated heterocycles. The van der Waals surface area contributed by atoms with Gasteiger partial charge in [0, 0.05) is 31.4 Å². The Morgan fingerprint density at radius 2 is 2.04 bits per heavy atom. The summed E-state index contributed by atoms with van der Waals surface area (Å²) in [4.78, 5) is 22.6. The number of hydrogen-bond acceptors (Lipinski definition) is 5. The number of likely N-dealkylation sites (N-methyl/N-ethyl adjacent to an activating group) is 1. The quantitative estimate of drug-likeness (QED) is 0.640. The predicted octanol–water partition coefficient (Wildman–Crippen LogP) is 3.63. The minimum atomic E-state index is 0.0326. The third-order valence-electron chi connectivity index (χ3n) is 3.88. The number of thiazole rings is 1. The van der Waals surface area contributed by atoms with E-state index in [4.69, 9.17) is 4.74 Å². The summed E-state index contributed by atoms with van der Waals surface area (Å²) in [7, 11) is 1.79. The molecular formula is C20H21N3O2S. The first kappa shape index (κ1) is 18.1. The van der Waals surface area contributed by atoms with Crippen molar-refractivity contribution < 1.29 is 9.53 Å². The Morgan fingerprint density at radius 1 is 1.23 bits per heavy atom. The van der Waals surface area contributed by atoms with Gasteiger partial charge in [-0.25, -0.2) is 4.98 Å². The molecule has 5 nitrogen and oxygen atoms in total. The fraction of sp³-hybridized carbons (Fsp3) is 0.250. The van der Waals surface area contributed by atoms with Crippen molar-refractivity contribution in [2.75, 3.05) is 7.05 Å². The van der Waals surface area contributed by atoms with E-state index >= 15 is 0 Å². The second-order valence-electron chi connectivity index (χ2n) is 6.12. The maximum absolute atomic E-state index is 12.4. The van der Waals surface area contributed by atoms with E-state index < -0.39 is 0 Å². The van der Waals surface area contributed by atoms with Gasteiger partial charge < -0.3 is 9.64 Å². The van der Waals surface area contributed by atoms with Crippen LogP contribution in [0.5, 0.6) is 5.75 Å². The fourth-order valence-corrected chi connectivity index (χ4v) is 3.12. The van der Waals surface area contributed by atoms with Crippen LogP contribution in [0.1, 0.15) is 21.8 Å². The van der Waals surface area contributed by atoms with Gasteiger partial charge >= 0.3 is 0 Å². The number of ether oxygens (including phenoxy) is 1. The van der Waals surface area contributed by atoms with Gasteiger partial charge in [0.05, 0.1) is 12.1 Å². The molecular weight excluding hydrogens is 346 g/mol. The first-order valence-electron chi connectivity index (χ1n) is 8.36. The lowest BCUT2D eigenvalue weighted by atomic mass is 10.2. The van der Waals surface area contributed by atoms with Crippen LogP contribution >= 0.6 is 11.3 Å². The highest BCUT2D eigenvalue weighted by Gasteiger charge is 2.13. The Kier molecular flexibility index (Phi) is 5.96. The molecule has 1 aromatic carbocycles. The van der Waals surface area contributed by atoms with Crippen molar-refractivity contribution in [3.63, 3.8) is 0 Å². The maximum atomic E-state index is 12.4. The summed E-state index contributed by atoms with van der Waals surface area (Å²) < 4.78 is 5.74. The molecule has 0 bridgehead atoms. The Balaban J connectivity index is 1.51. The normalized spacial score (nSPS) is 10.5. The van der Waals surface area contributed by atoms with Gasteiger partial charge in [0.1, 0.15) is 17.4 Å². The van der Waals surface area contributed by atoms with Crippen LogP contribution in [0.15, 0.2) is 54.2 Å². The van der Waals surface area contributed by atoms with Crippen molar-refractivity contribution in [1.29, 1.82) is 0 Å². The number of rotatable bonds is 7. The van der Waals surface area contributed by atoms with E-state index in [2.05, 4.69) is 9.97 Å². The standard InChI is InChI=1S/C20H21N3O2S/c1-15-5-7-18(8-6-15)25-13-19-22-17(14-26-19)10-20(24)23(2)12-16-4-3-9-21-11-16/h3-9,11,14H,10,12-13H2,1-2H3. The van der Waals surface area contributed by atoms with Crippen molar-refractivity contribution in [2.24, 2.45) is 0 Å². The third-order valence-corrected chi connectivity index (χ3v) is 4.75. The van der Waals surface area contributed by atoms with Crippen molar-refractivity contribution in [1.82, 2.24) is 14.9 Å². The van der Waals surface area contributed by atoms with Crippen LogP contribution in [0, 0.1) is 6.92 Å². The Bertz CT molecular complexity index is 847. The first-order valence-corrected chi connectivity index (χ1v) is 9.24. The summed E-state index contributed by atoms with van der Waals surface area (Å²) in [5.74, 6) is 0.852. The molecule has 0 aliphatic carbocycles. The molecule has 6 heteroatoms. The summed E-state index contributed by atoms with van der Waals surface area (Å²) in [6, 6.07) is 11.7. The van der Waals surface area contributed by atoms with Gasteiger partial charge in [-0.05, 0) is 30.7 Å². The van der Waals surface area contributed by atoms with Crippen LogP contribution in [0.2, 0.25) is 0 Å². The van der Waals surface area contributed by atoms with Gasteiger partial charge in [0.2, 0.25) is 5.91 Å². The lowest BCUT2D eigenvalue weighted by Crippen LogP contribution is -2.27. The molecule has 0 aliphatic heterocycles. The summed E-state index contributed by atoms with van der Waals surface area (Å²) in [5.41, 5.74) is 2.98. The molecule has 3 rings (SSSR count). The lowest BCUT2D eigenvalue weighted by Gasteiger charge is -2.16. The topological polar surface area (TPSA) is 55.3 Å². The monoisotopic (exact) mass is 367 g/mol. The molecule has 3 aromatic rings. The van der Waals surface area contributed by atoms with Crippen molar-refractivity contribution in [2.45, 2.75) is 26.5 Å². The van der Waals surface area contributed by atoms with Crippen LogP contribution in [-0.2, 0) is 24.4 Å². The van der Waals surface area contributed by atoms with Gasteiger partial charge in [0.15, 0.2) is 0 Å². The summed E-state index contributed by atoms with van der Waals surface area (Å²) >= 11 is 1.51. The maximum Gasteiger partial charge on any atom is 0.228 e. The number of nitrogens with zero attached hydrogens (tertiary/aromatic N) is 3. The smallest absolute Gasteiger partial charge is 0.228 e. The Morgan fingerprint density at radius 3 is 2.77 bits per heavy atom. The molecule has 0 saturated carbocycles. The molecule has 0 aliphatic rings. The second-order valence-corrected chi connectivity index (χ2v) is 7.06. The van der Waals surface area contributed by atoms with Crippen LogP contribution in [0.4, 0.5) is 0 Å². The van der Waals surface area contributed by atoms with E-state index in [1.807, 2.05) is 48.7 Å². The van der Waals surface area contributed by atoms with Crippen molar-refractivity contribution >= 4 is 17.2 Å². The molecule has 26 heavy (non-hydrogen) atoms. The molecule has 0 spiro atoms. The number of amides is 1. The molecule has 2 heterocycles. The Hall–Kier alpha value is -2.73. The number of benzene rings is 1. The number of aryl methyl sites for hydroxylation is 1. The highest BCUT2D eigenvalue weighted by Crippen LogP contribution is 2.17. The zero-order valence-corrected chi connectivity index (χ0v) is 15.7. The van der Waals surface area contributed by atoms with E-state index in [1.165, 1.54) is 16.9 Å². The van der Waals surface area contributed by atoms with Gasteiger partial charge in [0.25, 0.3) is 0 Å². The summed E-state index contributed by atoms with van der Waals surface area (Å²) in [6.07, 6.45) is 3.78. The van der Waals surface area contributed by atoms with Crippen LogP contribution in [-0.4, -0.2) is 27.8 Å². The number of pyridine rings is 1. The molecule has 134 valence electrons. The first-order chi connectivity index (χ1) is 12.6. The van der Waals surface area contributed by atoms with Crippen LogP contribution < -0.4 is 4.74 Å². The van der Waals surface area contributed by atoms with Crippen molar-refractivity contribution in [3.8, 4) is 5.75 Å². The third kappa shape index (κ3) is 5.13. The van der Waals surface area contributed by atoms with E-state index in [9.17, 15) is 4.79 Å². The molecule has 0 atom stereocenters. The molecule has 0 radical (unpaired) electrons. The number of carbonyl (C=O) groups is 1. The van der Waals surface area contributed by atoms with Gasteiger partial charge in [-0.15, -0.1) is 11.3 Å². The van der Waals surface area contributed by atoms with E-state index in [1.54, 1.807) is 24.3 Å². The minimum Gasteiger partial charge on any atom is -0.486 e. The molecule has 2 aromatic heterocycles. The number of hydrogen-bond donors (Lipinski definition) is 0. The molecule has 0 N–H and O–H groups in total. The van der Waals surface area contributed by atoms with Crippen LogP contribution in [0.3, 0.4) is 0 Å². The number of carbonyl (C=O) groups excluding carboxylic acids is 1. The highest BCUT2D eigenvalue weighted by atomic mass is 32.1. The SMILES string of the molecule is Cc1ccc(OCc2nc(CC(=O)N(C)Cc3cccnc3)cs2)cc1. The average Bonchev–Trinajstić information content (AvgIpc) is 3.09. The number of aromatic nitrogens is 2. The zero-order chi connectivity index (χ0) is 18.4. The van der Waals surface area contributed by atoms with Gasteiger partial charge in [-0.2, -0.15) is 0 Å². The van der Waals surface area contributed by atoms with Crippen molar-refractivity contribution in [3.05, 3.63) is 76.0 Å². The molecule has 0 fully saturated rings. The summed E-state index contributed by atoms with van der Waals surface area (Å²) in [5, 5.41) is 2.78. The average molecular weight is 367 g/mol. The lowest BCUT2D eigenvalue weighted by molar-refractivity contribution is -0.129. The molecule has 1 amide bonds. The van der Waals surface area contributed by atoms with Gasteiger partial charge in [-0.1, -0.05) is 23.8 Å². The predicted molar refractivity (Wildman–Crippen MR) is 102 cm³/mol. The zero-order valence-electron chi connectivity index (χ0n) is 14.9. The van der Waals surface area contributed by atoms with Gasteiger partial charge in [-0.3, -0.25) is 9.78 Å². The largest absolute Gasteiger partial charge is 0.486 e. The Labute approximate surface area is 157 Å². The fourth-order valence-electron chi connectivity index (χ4n) is 2.42. The second kappa shape index (κ2) is 8.58. The van der Waals surface area contributed by atoms with Crippen LogP contribution in [0.25, 0.3) is 0 Å².